The summed E-state index contributed by atoms with van der Waals surface area (Å²) < 4.78 is 40.0. The number of hydrogen-bond acceptors (Lipinski definition) is 6. The van der Waals surface area contributed by atoms with Crippen LogP contribution in [-0.4, -0.2) is 58.0 Å². The van der Waals surface area contributed by atoms with Crippen LogP contribution in [0.3, 0.4) is 0 Å². The summed E-state index contributed by atoms with van der Waals surface area (Å²) in [6.07, 6.45) is 0. The molecule has 0 bridgehead atoms. The lowest BCUT2D eigenvalue weighted by Crippen LogP contribution is -2.52. The van der Waals surface area contributed by atoms with Crippen LogP contribution in [0, 0.1) is 13.8 Å². The maximum absolute atomic E-state index is 14.2. The van der Waals surface area contributed by atoms with Crippen molar-refractivity contribution in [1.82, 2.24) is 10.2 Å². The Kier molecular flexibility index (Phi) is 10.4. The van der Waals surface area contributed by atoms with Gasteiger partial charge >= 0.3 is 0 Å². The lowest BCUT2D eigenvalue weighted by atomic mass is 10.1. The third-order valence-electron chi connectivity index (χ3n) is 6.51. The van der Waals surface area contributed by atoms with E-state index in [-0.39, 0.29) is 29.1 Å². The van der Waals surface area contributed by atoms with Crippen molar-refractivity contribution < 1.29 is 27.5 Å². The topological polar surface area (TPSA) is 105 Å². The van der Waals surface area contributed by atoms with Gasteiger partial charge in [-0.15, -0.1) is 0 Å². The number of nitrogens with one attached hydrogen (secondary N) is 1. The van der Waals surface area contributed by atoms with Gasteiger partial charge in [-0.1, -0.05) is 36.4 Å². The largest absolute Gasteiger partial charge is 0.493 e. The van der Waals surface area contributed by atoms with Gasteiger partial charge in [0.05, 0.1) is 24.8 Å². The lowest BCUT2D eigenvalue weighted by Gasteiger charge is -2.32. The first-order valence-electron chi connectivity index (χ1n) is 13.3. The first-order valence-corrected chi connectivity index (χ1v) is 14.8. The molecule has 0 aliphatic heterocycles. The van der Waals surface area contributed by atoms with Crippen LogP contribution < -0.4 is 19.1 Å². The molecule has 0 radical (unpaired) electrons. The molecule has 0 aliphatic rings. The molecule has 0 fully saturated rings. The predicted molar refractivity (Wildman–Crippen MR) is 160 cm³/mol. The highest BCUT2D eigenvalue weighted by molar-refractivity contribution is 7.92. The van der Waals surface area contributed by atoms with Gasteiger partial charge in [-0.3, -0.25) is 13.9 Å². The molecule has 1 N–H and O–H groups in total. The molecule has 3 aromatic rings. The smallest absolute Gasteiger partial charge is 0.264 e. The lowest BCUT2D eigenvalue weighted by molar-refractivity contribution is -0.139. The molecule has 10 heteroatoms. The number of nitrogens with zero attached hydrogens (tertiary/aromatic N) is 2. The highest BCUT2D eigenvalue weighted by Gasteiger charge is 2.33. The second-order valence-electron chi connectivity index (χ2n) is 10.2. The molecular formula is C31H39N3O6S. The van der Waals surface area contributed by atoms with E-state index in [1.54, 1.807) is 19.1 Å². The fraction of sp³-hybridized carbons (Fsp3) is 0.355. The van der Waals surface area contributed by atoms with Gasteiger partial charge in [0.25, 0.3) is 10.0 Å². The third-order valence-corrected chi connectivity index (χ3v) is 8.28. The predicted octanol–water partition coefficient (Wildman–Crippen LogP) is 4.46. The maximum Gasteiger partial charge on any atom is 0.264 e. The number of hydrogen-bond donors (Lipinski definition) is 1. The highest BCUT2D eigenvalue weighted by atomic mass is 32.2. The molecule has 0 aromatic heterocycles. The molecular weight excluding hydrogens is 542 g/mol. The van der Waals surface area contributed by atoms with E-state index in [1.807, 2.05) is 64.1 Å². The van der Waals surface area contributed by atoms with Crippen molar-refractivity contribution in [3.8, 4) is 11.5 Å². The zero-order chi connectivity index (χ0) is 30.3. The second kappa shape index (κ2) is 13.5. The van der Waals surface area contributed by atoms with Crippen LogP contribution in [0.2, 0.25) is 0 Å². The Hall–Kier alpha value is -4.05. The average Bonchev–Trinajstić information content (AvgIpc) is 2.93. The van der Waals surface area contributed by atoms with Gasteiger partial charge in [0.2, 0.25) is 11.8 Å². The molecule has 1 unspecified atom stereocenters. The summed E-state index contributed by atoms with van der Waals surface area (Å²) in [4.78, 5) is 28.4. The van der Waals surface area contributed by atoms with Crippen molar-refractivity contribution in [2.75, 3.05) is 25.1 Å². The number of carbonyl (C=O) groups excluding carboxylic acids is 2. The van der Waals surface area contributed by atoms with Crippen LogP contribution in [0.4, 0.5) is 5.69 Å². The van der Waals surface area contributed by atoms with E-state index < -0.39 is 28.5 Å². The molecule has 0 spiro atoms. The van der Waals surface area contributed by atoms with Crippen LogP contribution in [0.1, 0.15) is 37.5 Å². The molecule has 0 aliphatic carbocycles. The molecule has 3 rings (SSSR count). The van der Waals surface area contributed by atoms with Gasteiger partial charge in [-0.2, -0.15) is 0 Å². The van der Waals surface area contributed by atoms with Crippen molar-refractivity contribution >= 4 is 27.5 Å². The number of sulfonamides is 1. The number of benzene rings is 3. The van der Waals surface area contributed by atoms with Gasteiger partial charge in [0, 0.05) is 18.7 Å². The van der Waals surface area contributed by atoms with E-state index in [4.69, 9.17) is 9.47 Å². The molecule has 0 saturated carbocycles. The zero-order valence-corrected chi connectivity index (χ0v) is 25.5. The minimum Gasteiger partial charge on any atom is -0.493 e. The fourth-order valence-electron chi connectivity index (χ4n) is 4.50. The first-order chi connectivity index (χ1) is 19.4. The van der Waals surface area contributed by atoms with Crippen molar-refractivity contribution in [2.45, 2.75) is 58.1 Å². The molecule has 2 amide bonds. The molecule has 3 aromatic carbocycles. The van der Waals surface area contributed by atoms with Crippen molar-refractivity contribution in [1.29, 1.82) is 0 Å². The molecule has 0 heterocycles. The van der Waals surface area contributed by atoms with Crippen molar-refractivity contribution in [3.63, 3.8) is 0 Å². The molecule has 41 heavy (non-hydrogen) atoms. The monoisotopic (exact) mass is 581 g/mol. The standard InChI is InChI=1S/C31H39N3O6S/c1-21(2)32-31(36)24(5)33(19-25-11-9-8-10-12-25)30(35)20-34(26-16-22(3)15-23(4)17-26)41(37,38)27-13-14-28(39-6)29(18-27)40-7/h8-18,21,24H,19-20H2,1-7H3,(H,32,36). The average molecular weight is 582 g/mol. The van der Waals surface area contributed by atoms with Gasteiger partial charge in [0.15, 0.2) is 11.5 Å². The molecule has 220 valence electrons. The normalized spacial score (nSPS) is 12.0. The number of rotatable bonds is 12. The Morgan fingerprint density at radius 2 is 1.46 bits per heavy atom. The summed E-state index contributed by atoms with van der Waals surface area (Å²) >= 11 is 0. The summed E-state index contributed by atoms with van der Waals surface area (Å²) in [5.41, 5.74) is 2.83. The van der Waals surface area contributed by atoms with E-state index in [2.05, 4.69) is 5.32 Å². The van der Waals surface area contributed by atoms with E-state index >= 15 is 0 Å². The number of carbonyl (C=O) groups is 2. The minimum absolute atomic E-state index is 0.0673. The third kappa shape index (κ3) is 7.79. The van der Waals surface area contributed by atoms with Crippen molar-refractivity contribution in [3.05, 3.63) is 83.4 Å². The zero-order valence-electron chi connectivity index (χ0n) is 24.7. The second-order valence-corrected chi connectivity index (χ2v) is 12.1. The number of aryl methyl sites for hydroxylation is 2. The fourth-order valence-corrected chi connectivity index (χ4v) is 5.91. The van der Waals surface area contributed by atoms with Crippen LogP contribution >= 0.6 is 0 Å². The molecule has 9 nitrogen and oxygen atoms in total. The molecule has 1 atom stereocenters. The van der Waals surface area contributed by atoms with Gasteiger partial charge < -0.3 is 19.7 Å². The Labute approximate surface area is 243 Å². The van der Waals surface area contributed by atoms with E-state index in [0.29, 0.717) is 11.4 Å². The quantitative estimate of drug-likeness (QED) is 0.339. The van der Waals surface area contributed by atoms with E-state index in [9.17, 15) is 18.0 Å². The van der Waals surface area contributed by atoms with Crippen LogP contribution in [0.25, 0.3) is 0 Å². The highest BCUT2D eigenvalue weighted by Crippen LogP contribution is 2.33. The van der Waals surface area contributed by atoms with Crippen molar-refractivity contribution in [2.24, 2.45) is 0 Å². The number of ether oxygens (including phenoxy) is 2. The van der Waals surface area contributed by atoms with Gasteiger partial charge in [-0.25, -0.2) is 8.42 Å². The van der Waals surface area contributed by atoms with E-state index in [0.717, 1.165) is 21.0 Å². The van der Waals surface area contributed by atoms with Crippen LogP contribution in [0.15, 0.2) is 71.6 Å². The SMILES string of the molecule is COc1ccc(S(=O)(=O)N(CC(=O)N(Cc2ccccc2)C(C)C(=O)NC(C)C)c2cc(C)cc(C)c2)cc1OC. The number of anilines is 1. The van der Waals surface area contributed by atoms with Gasteiger partial charge in [0.1, 0.15) is 12.6 Å². The summed E-state index contributed by atoms with van der Waals surface area (Å²) in [7, 11) is -1.38. The Morgan fingerprint density at radius 1 is 0.854 bits per heavy atom. The molecule has 0 saturated heterocycles. The van der Waals surface area contributed by atoms with E-state index in [1.165, 1.54) is 37.3 Å². The summed E-state index contributed by atoms with van der Waals surface area (Å²) in [6, 6.07) is 17.9. The Balaban J connectivity index is 2.10. The Bertz CT molecular complexity index is 1450. The maximum atomic E-state index is 14.2. The van der Waals surface area contributed by atoms with Gasteiger partial charge in [-0.05, 0) is 75.6 Å². The summed E-state index contributed by atoms with van der Waals surface area (Å²) in [6.45, 7) is 8.65. The summed E-state index contributed by atoms with van der Waals surface area (Å²) in [5.74, 6) is -0.238. The van der Waals surface area contributed by atoms with Crippen LogP contribution in [-0.2, 0) is 26.2 Å². The first kappa shape index (κ1) is 31.5. The van der Waals surface area contributed by atoms with Crippen LogP contribution in [0.5, 0.6) is 11.5 Å². The minimum atomic E-state index is -4.26. The number of amides is 2. The number of methoxy groups -OCH3 is 2. The summed E-state index contributed by atoms with van der Waals surface area (Å²) in [5, 5.41) is 2.85. The Morgan fingerprint density at radius 3 is 2.02 bits per heavy atom.